The summed E-state index contributed by atoms with van der Waals surface area (Å²) in [5.74, 6) is -0.124. The number of hydrogen-bond donors (Lipinski definition) is 1. The van der Waals surface area contributed by atoms with Crippen LogP contribution in [0.3, 0.4) is 0 Å². The highest BCUT2D eigenvalue weighted by atomic mass is 32.1. The van der Waals surface area contributed by atoms with Gasteiger partial charge in [0.25, 0.3) is 0 Å². The Bertz CT molecular complexity index is 574. The zero-order valence-electron chi connectivity index (χ0n) is 12.0. The van der Waals surface area contributed by atoms with Crippen LogP contribution in [-0.2, 0) is 16.0 Å². The van der Waals surface area contributed by atoms with Crippen LogP contribution in [0, 0.1) is 0 Å². The van der Waals surface area contributed by atoms with Gasteiger partial charge < -0.3 is 15.5 Å². The molecule has 2 rings (SSSR count). The summed E-state index contributed by atoms with van der Waals surface area (Å²) < 4.78 is 0. The van der Waals surface area contributed by atoms with Gasteiger partial charge in [-0.15, -0.1) is 0 Å². The molecule has 1 heterocycles. The van der Waals surface area contributed by atoms with Gasteiger partial charge in [0.05, 0.1) is 4.99 Å². The highest BCUT2D eigenvalue weighted by Gasteiger charge is 2.26. The second-order valence-electron chi connectivity index (χ2n) is 5.14. The molecule has 6 heteroatoms. The second-order valence-corrected chi connectivity index (χ2v) is 5.66. The number of thiocarbonyl (C=S) groups is 1. The number of nitrogens with zero attached hydrogens (tertiary/aromatic N) is 2. The average Bonchev–Trinajstić information content (AvgIpc) is 2.47. The summed E-state index contributed by atoms with van der Waals surface area (Å²) in [6.07, 6.45) is 1.67. The van der Waals surface area contributed by atoms with Crippen LogP contribution in [0.1, 0.15) is 18.4 Å². The summed E-state index contributed by atoms with van der Waals surface area (Å²) in [6, 6.07) is 7.71. The van der Waals surface area contributed by atoms with Crippen LogP contribution >= 0.6 is 12.2 Å². The van der Waals surface area contributed by atoms with Crippen LogP contribution in [0.2, 0.25) is 0 Å². The van der Waals surface area contributed by atoms with Gasteiger partial charge in [0.2, 0.25) is 11.8 Å². The minimum absolute atomic E-state index is 0.00945. The SMILES string of the molecule is CN(CCC(N)=S)C(=O)CN1C(=O)CCc2ccccc21. The Labute approximate surface area is 129 Å². The molecule has 21 heavy (non-hydrogen) atoms. The number of hydrogen-bond acceptors (Lipinski definition) is 3. The van der Waals surface area contributed by atoms with Crippen molar-refractivity contribution in [2.24, 2.45) is 5.73 Å². The van der Waals surface area contributed by atoms with E-state index in [9.17, 15) is 9.59 Å². The molecule has 2 amide bonds. The van der Waals surface area contributed by atoms with E-state index in [0.29, 0.717) is 24.4 Å². The van der Waals surface area contributed by atoms with E-state index in [1.807, 2.05) is 24.3 Å². The Morgan fingerprint density at radius 1 is 1.38 bits per heavy atom. The zero-order chi connectivity index (χ0) is 15.4. The van der Waals surface area contributed by atoms with Crippen molar-refractivity contribution in [2.45, 2.75) is 19.3 Å². The van der Waals surface area contributed by atoms with Gasteiger partial charge in [0, 0.05) is 32.1 Å². The van der Waals surface area contributed by atoms with Gasteiger partial charge in [-0.2, -0.15) is 0 Å². The number of aryl methyl sites for hydroxylation is 1. The monoisotopic (exact) mass is 305 g/mol. The molecule has 1 aromatic rings. The van der Waals surface area contributed by atoms with E-state index in [-0.39, 0.29) is 18.4 Å². The topological polar surface area (TPSA) is 66.6 Å². The highest BCUT2D eigenvalue weighted by molar-refractivity contribution is 7.80. The Kier molecular flexibility index (Phi) is 4.90. The van der Waals surface area contributed by atoms with E-state index in [1.165, 1.54) is 0 Å². The first-order valence-electron chi connectivity index (χ1n) is 6.89. The predicted octanol–water partition coefficient (Wildman–Crippen LogP) is 1.10. The summed E-state index contributed by atoms with van der Waals surface area (Å²) in [5.41, 5.74) is 7.38. The van der Waals surface area contributed by atoms with E-state index in [1.54, 1.807) is 16.8 Å². The van der Waals surface area contributed by atoms with E-state index < -0.39 is 0 Å². The number of para-hydroxylation sites is 1. The van der Waals surface area contributed by atoms with Gasteiger partial charge in [-0.3, -0.25) is 9.59 Å². The second kappa shape index (κ2) is 6.67. The molecule has 1 aliphatic heterocycles. The van der Waals surface area contributed by atoms with E-state index in [4.69, 9.17) is 18.0 Å². The predicted molar refractivity (Wildman–Crippen MR) is 86.2 cm³/mol. The average molecular weight is 305 g/mol. The van der Waals surface area contributed by atoms with Gasteiger partial charge in [0.1, 0.15) is 6.54 Å². The summed E-state index contributed by atoms with van der Waals surface area (Å²) >= 11 is 4.81. The molecule has 0 unspecified atom stereocenters. The summed E-state index contributed by atoms with van der Waals surface area (Å²) in [4.78, 5) is 27.8. The molecule has 112 valence electrons. The number of fused-ring (bicyclic) bond motifs is 1. The van der Waals surface area contributed by atoms with Crippen LogP contribution in [0.15, 0.2) is 24.3 Å². The molecule has 1 aromatic carbocycles. The number of anilines is 1. The Morgan fingerprint density at radius 2 is 2.10 bits per heavy atom. The largest absolute Gasteiger partial charge is 0.393 e. The number of amides is 2. The smallest absolute Gasteiger partial charge is 0.242 e. The molecule has 0 fully saturated rings. The third-order valence-electron chi connectivity index (χ3n) is 3.60. The maximum Gasteiger partial charge on any atom is 0.242 e. The maximum absolute atomic E-state index is 12.2. The third kappa shape index (κ3) is 3.78. The standard InChI is InChI=1S/C15H19N3O2S/c1-17(9-8-13(16)21)15(20)10-18-12-5-3-2-4-11(12)6-7-14(18)19/h2-5H,6-10H2,1H3,(H2,16,21). The molecule has 0 atom stereocenters. The lowest BCUT2D eigenvalue weighted by atomic mass is 10.0. The van der Waals surface area contributed by atoms with E-state index in [2.05, 4.69) is 0 Å². The lowest BCUT2D eigenvalue weighted by Crippen LogP contribution is -2.44. The number of nitrogens with two attached hydrogens (primary N) is 1. The van der Waals surface area contributed by atoms with E-state index >= 15 is 0 Å². The Hall–Kier alpha value is -1.95. The van der Waals surface area contributed by atoms with Crippen molar-refractivity contribution in [3.8, 4) is 0 Å². The molecule has 0 aliphatic carbocycles. The fourth-order valence-corrected chi connectivity index (χ4v) is 2.42. The summed E-state index contributed by atoms with van der Waals surface area (Å²) in [6.45, 7) is 0.529. The van der Waals surface area contributed by atoms with Crippen LogP contribution in [-0.4, -0.2) is 41.8 Å². The first-order chi connectivity index (χ1) is 9.99. The number of carbonyl (C=O) groups is 2. The molecule has 0 bridgehead atoms. The van der Waals surface area contributed by atoms with Crippen molar-refractivity contribution in [2.75, 3.05) is 25.0 Å². The molecule has 0 spiro atoms. The Morgan fingerprint density at radius 3 is 2.81 bits per heavy atom. The molecular formula is C15H19N3O2S. The molecule has 0 saturated heterocycles. The fraction of sp³-hybridized carbons (Fsp3) is 0.400. The van der Waals surface area contributed by atoms with Gasteiger partial charge in [-0.1, -0.05) is 30.4 Å². The quantitative estimate of drug-likeness (QED) is 0.827. The molecule has 0 radical (unpaired) electrons. The van der Waals surface area contributed by atoms with Gasteiger partial charge in [-0.25, -0.2) is 0 Å². The zero-order valence-corrected chi connectivity index (χ0v) is 12.9. The summed E-state index contributed by atoms with van der Waals surface area (Å²) in [7, 11) is 1.70. The molecule has 2 N–H and O–H groups in total. The fourth-order valence-electron chi connectivity index (χ4n) is 2.33. The normalized spacial score (nSPS) is 13.8. The number of likely N-dealkylation sites (N-methyl/N-ethyl adjacent to an activating group) is 1. The first kappa shape index (κ1) is 15.4. The lowest BCUT2D eigenvalue weighted by molar-refractivity contribution is -0.130. The van der Waals surface area contributed by atoms with Crippen LogP contribution in [0.25, 0.3) is 0 Å². The Balaban J connectivity index is 2.06. The van der Waals surface area contributed by atoms with Crippen LogP contribution < -0.4 is 10.6 Å². The third-order valence-corrected chi connectivity index (χ3v) is 3.81. The maximum atomic E-state index is 12.2. The molecule has 5 nitrogen and oxygen atoms in total. The number of carbonyl (C=O) groups excluding carboxylic acids is 2. The van der Waals surface area contributed by atoms with Crippen molar-refractivity contribution < 1.29 is 9.59 Å². The highest BCUT2D eigenvalue weighted by Crippen LogP contribution is 2.27. The molecule has 0 aromatic heterocycles. The van der Waals surface area contributed by atoms with Crippen LogP contribution in [0.5, 0.6) is 0 Å². The lowest BCUT2D eigenvalue weighted by Gasteiger charge is -2.30. The molecule has 1 aliphatic rings. The number of rotatable bonds is 5. The first-order valence-corrected chi connectivity index (χ1v) is 7.30. The van der Waals surface area contributed by atoms with Crippen molar-refractivity contribution in [1.82, 2.24) is 4.90 Å². The van der Waals surface area contributed by atoms with Crippen molar-refractivity contribution >= 4 is 34.7 Å². The molecule has 0 saturated carbocycles. The number of benzene rings is 1. The van der Waals surface area contributed by atoms with Crippen molar-refractivity contribution in [3.63, 3.8) is 0 Å². The van der Waals surface area contributed by atoms with Crippen molar-refractivity contribution in [1.29, 1.82) is 0 Å². The van der Waals surface area contributed by atoms with Crippen molar-refractivity contribution in [3.05, 3.63) is 29.8 Å². The minimum Gasteiger partial charge on any atom is -0.393 e. The minimum atomic E-state index is -0.115. The van der Waals surface area contributed by atoms with Gasteiger partial charge >= 0.3 is 0 Å². The molecular weight excluding hydrogens is 286 g/mol. The van der Waals surface area contributed by atoms with E-state index in [0.717, 1.165) is 17.7 Å². The van der Waals surface area contributed by atoms with Gasteiger partial charge in [-0.05, 0) is 18.1 Å². The van der Waals surface area contributed by atoms with Crippen LogP contribution in [0.4, 0.5) is 5.69 Å². The van der Waals surface area contributed by atoms with Gasteiger partial charge in [0.15, 0.2) is 0 Å². The summed E-state index contributed by atoms with van der Waals surface area (Å²) in [5, 5.41) is 0.